The van der Waals surface area contributed by atoms with E-state index >= 15 is 0 Å². The molecule has 0 aromatic heterocycles. The predicted octanol–water partition coefficient (Wildman–Crippen LogP) is 2.57. The third-order valence-corrected chi connectivity index (χ3v) is 3.99. The van der Waals surface area contributed by atoms with Crippen LogP contribution in [0.5, 0.6) is 0 Å². The van der Waals surface area contributed by atoms with Crippen LogP contribution in [0.4, 0.5) is 4.79 Å². The normalized spacial score (nSPS) is 23.1. The number of rotatable bonds is 4. The van der Waals surface area contributed by atoms with Crippen molar-refractivity contribution in [2.45, 2.75) is 45.6 Å². The van der Waals surface area contributed by atoms with Crippen molar-refractivity contribution in [3.8, 4) is 0 Å². The Morgan fingerprint density at radius 3 is 2.91 bits per heavy atom. The van der Waals surface area contributed by atoms with Gasteiger partial charge in [0, 0.05) is 32.8 Å². The maximum absolute atomic E-state index is 12.0. The lowest BCUT2D eigenvalue weighted by Gasteiger charge is -2.30. The van der Waals surface area contributed by atoms with Crippen LogP contribution in [0.3, 0.4) is 0 Å². The summed E-state index contributed by atoms with van der Waals surface area (Å²) < 4.78 is 10.9. The van der Waals surface area contributed by atoms with E-state index in [0.29, 0.717) is 12.5 Å². The molecule has 0 aliphatic carbocycles. The summed E-state index contributed by atoms with van der Waals surface area (Å²) in [4.78, 5) is 13.8. The van der Waals surface area contributed by atoms with Crippen molar-refractivity contribution in [2.24, 2.45) is 5.92 Å². The summed E-state index contributed by atoms with van der Waals surface area (Å²) in [6.45, 7) is 10.8. The highest BCUT2D eigenvalue weighted by Crippen LogP contribution is 2.16. The van der Waals surface area contributed by atoms with Gasteiger partial charge in [-0.1, -0.05) is 11.6 Å². The molecule has 22 heavy (non-hydrogen) atoms. The molecule has 1 unspecified atom stereocenters. The summed E-state index contributed by atoms with van der Waals surface area (Å²) in [5.74, 6) is 0.649. The van der Waals surface area contributed by atoms with Crippen molar-refractivity contribution in [2.75, 3.05) is 39.4 Å². The van der Waals surface area contributed by atoms with E-state index < -0.39 is 5.60 Å². The van der Waals surface area contributed by atoms with Crippen LogP contribution in [0.1, 0.15) is 40.0 Å². The molecule has 0 radical (unpaired) electrons. The number of ether oxygens (including phenoxy) is 2. The molecule has 126 valence electrons. The van der Waals surface area contributed by atoms with E-state index in [2.05, 4.69) is 11.4 Å². The highest BCUT2D eigenvalue weighted by molar-refractivity contribution is 5.68. The maximum Gasteiger partial charge on any atom is 0.410 e. The van der Waals surface area contributed by atoms with Crippen LogP contribution in [-0.2, 0) is 9.47 Å². The summed E-state index contributed by atoms with van der Waals surface area (Å²) in [6, 6.07) is 0. The van der Waals surface area contributed by atoms with Crippen LogP contribution < -0.4 is 5.32 Å². The van der Waals surface area contributed by atoms with Crippen LogP contribution >= 0.6 is 0 Å². The van der Waals surface area contributed by atoms with E-state index in [9.17, 15) is 4.79 Å². The Labute approximate surface area is 134 Å². The third kappa shape index (κ3) is 5.97. The molecule has 1 saturated heterocycles. The summed E-state index contributed by atoms with van der Waals surface area (Å²) in [5.41, 5.74) is 0.960. The average molecular weight is 310 g/mol. The molecule has 0 aromatic carbocycles. The van der Waals surface area contributed by atoms with E-state index in [1.165, 1.54) is 18.4 Å². The number of carbonyl (C=O) groups excluding carboxylic acids is 1. The molecule has 5 nitrogen and oxygen atoms in total. The summed E-state index contributed by atoms with van der Waals surface area (Å²) in [5, 5.41) is 3.52. The van der Waals surface area contributed by atoms with Gasteiger partial charge in [0.25, 0.3) is 0 Å². The molecule has 2 aliphatic rings. The van der Waals surface area contributed by atoms with E-state index in [4.69, 9.17) is 9.47 Å². The third-order valence-electron chi connectivity index (χ3n) is 3.99. The monoisotopic (exact) mass is 310 g/mol. The van der Waals surface area contributed by atoms with Gasteiger partial charge in [0.15, 0.2) is 0 Å². The molecular weight excluding hydrogens is 280 g/mol. The Balaban J connectivity index is 1.66. The van der Waals surface area contributed by atoms with Crippen LogP contribution in [-0.4, -0.2) is 56.0 Å². The Hall–Kier alpha value is -1.07. The van der Waals surface area contributed by atoms with Crippen molar-refractivity contribution in [3.63, 3.8) is 0 Å². The molecule has 2 heterocycles. The lowest BCUT2D eigenvalue weighted by molar-refractivity contribution is 0.0265. The molecule has 1 amide bonds. The van der Waals surface area contributed by atoms with Crippen LogP contribution in [0, 0.1) is 5.92 Å². The smallest absolute Gasteiger partial charge is 0.410 e. The van der Waals surface area contributed by atoms with E-state index in [1.807, 2.05) is 20.8 Å². The zero-order chi connectivity index (χ0) is 16.0. The fourth-order valence-corrected chi connectivity index (χ4v) is 2.77. The molecule has 2 rings (SSSR count). The van der Waals surface area contributed by atoms with Crippen molar-refractivity contribution in [1.29, 1.82) is 0 Å². The molecule has 1 atom stereocenters. The number of amides is 1. The standard InChI is InChI=1S/C17H30N2O3/c1-17(2,3)22-16(20)19-8-6-14(7-9-19)11-18-12-15-5-4-10-21-13-15/h6,15,18H,4-5,7-13H2,1-3H3. The number of nitrogens with one attached hydrogen (secondary N) is 1. The fourth-order valence-electron chi connectivity index (χ4n) is 2.77. The summed E-state index contributed by atoms with van der Waals surface area (Å²) >= 11 is 0. The minimum Gasteiger partial charge on any atom is -0.444 e. The first-order valence-corrected chi connectivity index (χ1v) is 8.38. The minimum atomic E-state index is -0.426. The van der Waals surface area contributed by atoms with Gasteiger partial charge in [-0.15, -0.1) is 0 Å². The maximum atomic E-state index is 12.0. The molecule has 0 saturated carbocycles. The highest BCUT2D eigenvalue weighted by atomic mass is 16.6. The predicted molar refractivity (Wildman–Crippen MR) is 86.9 cm³/mol. The van der Waals surface area contributed by atoms with Gasteiger partial charge in [0.1, 0.15) is 5.60 Å². The Bertz CT molecular complexity index is 395. The van der Waals surface area contributed by atoms with Gasteiger partial charge in [-0.2, -0.15) is 0 Å². The second kappa shape index (κ2) is 7.97. The Morgan fingerprint density at radius 1 is 1.50 bits per heavy atom. The molecule has 0 spiro atoms. The SMILES string of the molecule is CC(C)(C)OC(=O)N1CC=C(CNCC2CCCOC2)CC1. The lowest BCUT2D eigenvalue weighted by Crippen LogP contribution is -2.40. The van der Waals surface area contributed by atoms with E-state index in [-0.39, 0.29) is 6.09 Å². The quantitative estimate of drug-likeness (QED) is 0.811. The first-order chi connectivity index (χ1) is 10.4. The lowest BCUT2D eigenvalue weighted by atomic mass is 10.0. The molecule has 1 fully saturated rings. The first-order valence-electron chi connectivity index (χ1n) is 8.38. The minimum absolute atomic E-state index is 0.213. The number of carbonyl (C=O) groups is 1. The van der Waals surface area contributed by atoms with Gasteiger partial charge < -0.3 is 19.7 Å². The molecule has 2 aliphatic heterocycles. The molecular formula is C17H30N2O3. The molecule has 1 N–H and O–H groups in total. The number of nitrogens with zero attached hydrogens (tertiary/aromatic N) is 1. The van der Waals surface area contributed by atoms with E-state index in [0.717, 1.165) is 39.3 Å². The zero-order valence-corrected chi connectivity index (χ0v) is 14.2. The van der Waals surface area contributed by atoms with Crippen LogP contribution in [0.15, 0.2) is 11.6 Å². The highest BCUT2D eigenvalue weighted by Gasteiger charge is 2.23. The summed E-state index contributed by atoms with van der Waals surface area (Å²) in [6.07, 6.45) is 5.30. The number of hydrogen-bond acceptors (Lipinski definition) is 4. The van der Waals surface area contributed by atoms with Gasteiger partial charge in [-0.05, 0) is 46.0 Å². The summed E-state index contributed by atoms with van der Waals surface area (Å²) in [7, 11) is 0. The van der Waals surface area contributed by atoms with Crippen molar-refractivity contribution in [1.82, 2.24) is 10.2 Å². The molecule has 5 heteroatoms. The number of hydrogen-bond donors (Lipinski definition) is 1. The topological polar surface area (TPSA) is 50.8 Å². The van der Waals surface area contributed by atoms with Crippen LogP contribution in [0.25, 0.3) is 0 Å². The van der Waals surface area contributed by atoms with Crippen molar-refractivity contribution < 1.29 is 14.3 Å². The van der Waals surface area contributed by atoms with Gasteiger partial charge in [-0.25, -0.2) is 4.79 Å². The Morgan fingerprint density at radius 2 is 2.32 bits per heavy atom. The second-order valence-electron chi connectivity index (χ2n) is 7.25. The zero-order valence-electron chi connectivity index (χ0n) is 14.2. The molecule has 0 aromatic rings. The van der Waals surface area contributed by atoms with Gasteiger partial charge in [-0.3, -0.25) is 0 Å². The van der Waals surface area contributed by atoms with Gasteiger partial charge in [0.2, 0.25) is 0 Å². The first kappa shape index (κ1) is 17.3. The average Bonchev–Trinajstić information content (AvgIpc) is 2.47. The van der Waals surface area contributed by atoms with Crippen LogP contribution in [0.2, 0.25) is 0 Å². The fraction of sp³-hybridized carbons (Fsp3) is 0.824. The second-order valence-corrected chi connectivity index (χ2v) is 7.25. The van der Waals surface area contributed by atoms with Crippen molar-refractivity contribution >= 4 is 6.09 Å². The Kier molecular flexibility index (Phi) is 6.26. The van der Waals surface area contributed by atoms with E-state index in [1.54, 1.807) is 4.90 Å². The van der Waals surface area contributed by atoms with Crippen molar-refractivity contribution in [3.05, 3.63) is 11.6 Å². The van der Waals surface area contributed by atoms with Gasteiger partial charge in [0.05, 0.1) is 6.61 Å². The van der Waals surface area contributed by atoms with Gasteiger partial charge >= 0.3 is 6.09 Å². The molecule has 0 bridgehead atoms. The largest absolute Gasteiger partial charge is 0.444 e.